The Morgan fingerprint density at radius 1 is 0.667 bits per heavy atom. The van der Waals surface area contributed by atoms with Crippen LogP contribution in [0.15, 0.2) is 89.2 Å². The van der Waals surface area contributed by atoms with Gasteiger partial charge in [-0.05, 0) is 51.5 Å². The third-order valence-corrected chi connectivity index (χ3v) is 4.68. The molecular formula is C30H12N6. The molecule has 0 saturated heterocycles. The smallest absolute Gasteiger partial charge is 0.201 e. The monoisotopic (exact) mass is 468 g/mol. The van der Waals surface area contributed by atoms with Crippen LogP contribution >= 0.6 is 0 Å². The molecule has 0 unspecified atom stereocenters. The highest BCUT2D eigenvalue weighted by atomic mass is 14.7. The van der Waals surface area contributed by atoms with Gasteiger partial charge in [0.25, 0.3) is 0 Å². The van der Waals surface area contributed by atoms with Crippen molar-refractivity contribution in [1.82, 2.24) is 0 Å². The standard InChI is InChI=1S/C30H12N6/c1-34-23-11-5-9-21(14-23)26(18-33)28-27(25(17-32)20-8-4-7-19(13-20)16-31)29(28)30(36-3)22-10-6-12-24(15-22)35-2/h4-15H/b27-25+,28-26-,30-29-/i4D,5D,6D,7D,8D,9D,10D,11D,12D,13D,14D,15D. The van der Waals surface area contributed by atoms with Crippen molar-refractivity contribution < 1.29 is 16.4 Å². The number of nitrogens with zero attached hydrogens (tertiary/aromatic N) is 6. The van der Waals surface area contributed by atoms with E-state index in [0.29, 0.717) is 0 Å². The molecule has 1 aliphatic carbocycles. The second-order valence-corrected chi connectivity index (χ2v) is 6.59. The van der Waals surface area contributed by atoms with Crippen LogP contribution in [0.1, 0.15) is 38.7 Å². The molecule has 1 aliphatic rings. The van der Waals surface area contributed by atoms with Crippen LogP contribution in [0.4, 0.5) is 11.4 Å². The Hall–Kier alpha value is -6.18. The summed E-state index contributed by atoms with van der Waals surface area (Å²) in [6, 6.07) is -4.98. The van der Waals surface area contributed by atoms with Crippen LogP contribution in [0.3, 0.4) is 0 Å². The average molecular weight is 469 g/mol. The van der Waals surface area contributed by atoms with E-state index in [-0.39, 0.29) is 0 Å². The molecule has 1 fully saturated rings. The van der Waals surface area contributed by atoms with Crippen molar-refractivity contribution in [1.29, 1.82) is 15.8 Å². The summed E-state index contributed by atoms with van der Waals surface area (Å²) < 4.78 is 99.4. The predicted octanol–water partition coefficient (Wildman–Crippen LogP) is 7.26. The van der Waals surface area contributed by atoms with E-state index >= 15 is 0 Å². The van der Waals surface area contributed by atoms with E-state index in [0.717, 1.165) is 0 Å². The number of hydrogen-bond donors (Lipinski definition) is 0. The van der Waals surface area contributed by atoms with Crippen LogP contribution in [-0.4, -0.2) is 0 Å². The number of benzene rings is 3. The van der Waals surface area contributed by atoms with E-state index in [1.165, 1.54) is 0 Å². The summed E-state index contributed by atoms with van der Waals surface area (Å²) in [7, 11) is 0. The highest BCUT2D eigenvalue weighted by molar-refractivity contribution is 6.11. The first-order valence-corrected chi connectivity index (χ1v) is 9.51. The van der Waals surface area contributed by atoms with E-state index in [1.54, 1.807) is 18.2 Å². The van der Waals surface area contributed by atoms with E-state index < -0.39 is 140 Å². The van der Waals surface area contributed by atoms with Crippen LogP contribution < -0.4 is 0 Å². The fraction of sp³-hybridized carbons (Fsp3) is 0. The van der Waals surface area contributed by atoms with Crippen LogP contribution in [-0.2, 0) is 0 Å². The van der Waals surface area contributed by atoms with E-state index in [4.69, 9.17) is 36.2 Å². The van der Waals surface area contributed by atoms with Gasteiger partial charge in [0.1, 0.15) is 12.1 Å². The first-order valence-electron chi connectivity index (χ1n) is 15.5. The summed E-state index contributed by atoms with van der Waals surface area (Å²) in [5, 5.41) is 30.4. The van der Waals surface area contributed by atoms with Gasteiger partial charge >= 0.3 is 0 Å². The fourth-order valence-electron chi connectivity index (χ4n) is 3.18. The lowest BCUT2D eigenvalue weighted by Crippen LogP contribution is -1.84. The van der Waals surface area contributed by atoms with Crippen molar-refractivity contribution in [2.45, 2.75) is 0 Å². The molecule has 0 aromatic heterocycles. The molecule has 3 aromatic carbocycles. The molecule has 0 bridgehead atoms. The van der Waals surface area contributed by atoms with Crippen molar-refractivity contribution in [2.24, 2.45) is 0 Å². The quantitative estimate of drug-likeness (QED) is 0.299. The topological polar surface area (TPSA) is 84.5 Å². The lowest BCUT2D eigenvalue weighted by Gasteiger charge is -2.00. The van der Waals surface area contributed by atoms with Crippen molar-refractivity contribution in [2.75, 3.05) is 0 Å². The molecule has 6 heteroatoms. The van der Waals surface area contributed by atoms with Crippen LogP contribution in [0.5, 0.6) is 0 Å². The van der Waals surface area contributed by atoms with Crippen LogP contribution in [0.25, 0.3) is 31.4 Å². The Balaban J connectivity index is 2.40. The van der Waals surface area contributed by atoms with Gasteiger partial charge in [0.2, 0.25) is 5.70 Å². The van der Waals surface area contributed by atoms with Gasteiger partial charge in [-0.25, -0.2) is 14.5 Å². The van der Waals surface area contributed by atoms with Crippen LogP contribution in [0, 0.1) is 53.7 Å². The highest BCUT2D eigenvalue weighted by Crippen LogP contribution is 2.56. The van der Waals surface area contributed by atoms with Gasteiger partial charge in [0.15, 0.2) is 11.4 Å². The summed E-state index contributed by atoms with van der Waals surface area (Å²) in [4.78, 5) is 9.49. The van der Waals surface area contributed by atoms with Gasteiger partial charge in [0.05, 0.1) is 53.5 Å². The second kappa shape index (κ2) is 9.75. The minimum Gasteiger partial charge on any atom is -0.238 e. The Morgan fingerprint density at radius 3 is 1.67 bits per heavy atom. The third kappa shape index (κ3) is 4.11. The third-order valence-electron chi connectivity index (χ3n) is 4.68. The summed E-state index contributed by atoms with van der Waals surface area (Å²) in [5.74, 6) is 0. The Morgan fingerprint density at radius 2 is 1.17 bits per heavy atom. The Kier molecular flexibility index (Phi) is 3.34. The molecule has 0 radical (unpaired) electrons. The first kappa shape index (κ1) is 12.3. The minimum absolute atomic E-state index is 0.446. The maximum Gasteiger partial charge on any atom is 0.201 e. The van der Waals surface area contributed by atoms with Crippen molar-refractivity contribution in [3.05, 3.63) is 146 Å². The second-order valence-electron chi connectivity index (χ2n) is 6.59. The largest absolute Gasteiger partial charge is 0.238 e. The van der Waals surface area contributed by atoms with E-state index in [1.807, 2.05) is 0 Å². The Bertz CT molecular complexity index is 2150. The lowest BCUT2D eigenvalue weighted by atomic mass is 10.0. The number of nitriles is 3. The fourth-order valence-corrected chi connectivity index (χ4v) is 3.18. The van der Waals surface area contributed by atoms with E-state index in [2.05, 4.69) is 14.5 Å². The number of rotatable bonds is 3. The molecule has 162 valence electrons. The van der Waals surface area contributed by atoms with Gasteiger partial charge in [-0.2, -0.15) is 15.8 Å². The van der Waals surface area contributed by atoms with Gasteiger partial charge in [-0.15, -0.1) is 0 Å². The molecule has 0 amide bonds. The van der Waals surface area contributed by atoms with Crippen molar-refractivity contribution in [3.63, 3.8) is 0 Å². The zero-order chi connectivity index (χ0) is 36.1. The van der Waals surface area contributed by atoms with Crippen molar-refractivity contribution >= 4 is 28.2 Å². The summed E-state index contributed by atoms with van der Waals surface area (Å²) in [6.07, 6.45) is 0. The molecule has 0 aliphatic heterocycles. The summed E-state index contributed by atoms with van der Waals surface area (Å²) >= 11 is 0. The zero-order valence-electron chi connectivity index (χ0n) is 29.7. The maximum absolute atomic E-state index is 10.4. The molecule has 0 heterocycles. The zero-order valence-corrected chi connectivity index (χ0v) is 17.7. The molecular weight excluding hydrogens is 444 g/mol. The molecule has 4 rings (SSSR count). The summed E-state index contributed by atoms with van der Waals surface area (Å²) in [6.45, 7) is 22.8. The van der Waals surface area contributed by atoms with E-state index in [9.17, 15) is 15.8 Å². The minimum atomic E-state index is -0.865. The van der Waals surface area contributed by atoms with Gasteiger partial charge < -0.3 is 0 Å². The highest BCUT2D eigenvalue weighted by Gasteiger charge is 2.40. The molecule has 0 spiro atoms. The predicted molar refractivity (Wildman–Crippen MR) is 135 cm³/mol. The normalized spacial score (nSPS) is 20.2. The average Bonchev–Trinajstić information content (AvgIpc) is 3.78. The first-order chi connectivity index (χ1) is 22.6. The lowest BCUT2D eigenvalue weighted by molar-refractivity contribution is 1.47. The number of hydrogen-bond acceptors (Lipinski definition) is 3. The molecule has 6 nitrogen and oxygen atoms in total. The molecule has 0 atom stereocenters. The Labute approximate surface area is 225 Å². The maximum atomic E-state index is 10.4. The summed E-state index contributed by atoms with van der Waals surface area (Å²) in [5.41, 5.74) is -7.59. The van der Waals surface area contributed by atoms with Gasteiger partial charge in [0, 0.05) is 5.48 Å². The molecule has 3 aromatic rings. The van der Waals surface area contributed by atoms with Gasteiger partial charge in [-0.1, -0.05) is 54.4 Å². The van der Waals surface area contributed by atoms with Crippen LogP contribution in [0.2, 0.25) is 0 Å². The molecule has 36 heavy (non-hydrogen) atoms. The number of allylic oxidation sites excluding steroid dienone is 5. The van der Waals surface area contributed by atoms with Crippen molar-refractivity contribution in [3.8, 4) is 18.2 Å². The van der Waals surface area contributed by atoms with Gasteiger partial charge in [-0.3, -0.25) is 0 Å². The SMILES string of the molecule is [2H]c1c([2H])c(C#N)c([2H])c(/C(C#N)=C2/C(=C(/[N+]#[C-])c3c([2H])c([2H])c([2H])c([N+]#[C-])c3[2H])/C2=C(/C#N)c2c([2H])c([2H])c([2H])c([N+]#[C-])c2[2H])c1[2H]. The molecule has 1 saturated carbocycles. The molecule has 0 N–H and O–H groups in total.